The first-order chi connectivity index (χ1) is 9.11. The Labute approximate surface area is 131 Å². The fourth-order valence-electron chi connectivity index (χ4n) is 2.39. The van der Waals surface area contributed by atoms with E-state index in [1.54, 1.807) is 18.2 Å². The lowest BCUT2D eigenvalue weighted by atomic mass is 10.2. The standard InChI is InChI=1S/C14H17BrClNOS/c1-2-19-13-5-3-4-12(13)17-14(18)9-6-7-11(16)10(15)8-9/h6-8,12-13H,2-5H2,1H3,(H,17,18). The van der Waals surface area contributed by atoms with E-state index < -0.39 is 0 Å². The fourth-order valence-corrected chi connectivity index (χ4v) is 4.09. The third kappa shape index (κ3) is 3.89. The lowest BCUT2D eigenvalue weighted by Crippen LogP contribution is -2.38. The van der Waals surface area contributed by atoms with E-state index in [1.807, 2.05) is 11.8 Å². The quantitative estimate of drug-likeness (QED) is 0.854. The molecule has 1 aromatic rings. The van der Waals surface area contributed by atoms with Crippen LogP contribution in [0.5, 0.6) is 0 Å². The highest BCUT2D eigenvalue weighted by Crippen LogP contribution is 2.30. The third-order valence-electron chi connectivity index (χ3n) is 3.33. The van der Waals surface area contributed by atoms with Crippen molar-refractivity contribution in [1.82, 2.24) is 5.32 Å². The fraction of sp³-hybridized carbons (Fsp3) is 0.500. The highest BCUT2D eigenvalue weighted by atomic mass is 79.9. The SMILES string of the molecule is CCSC1CCCC1NC(=O)c1ccc(Cl)c(Br)c1. The second-order valence-corrected chi connectivity index (χ2v) is 7.41. The van der Waals surface area contributed by atoms with Crippen molar-refractivity contribution in [3.05, 3.63) is 33.3 Å². The molecular weight excluding hydrogens is 346 g/mol. The molecule has 2 nitrogen and oxygen atoms in total. The minimum atomic E-state index is -0.00836. The Hall–Kier alpha value is -0.190. The van der Waals surface area contributed by atoms with Crippen LogP contribution in [-0.2, 0) is 0 Å². The summed E-state index contributed by atoms with van der Waals surface area (Å²) in [6, 6.07) is 5.58. The summed E-state index contributed by atoms with van der Waals surface area (Å²) in [5.74, 6) is 1.09. The zero-order valence-electron chi connectivity index (χ0n) is 10.8. The number of benzene rings is 1. The molecule has 0 heterocycles. The molecule has 1 amide bonds. The van der Waals surface area contributed by atoms with Gasteiger partial charge >= 0.3 is 0 Å². The number of carbonyl (C=O) groups is 1. The molecule has 1 N–H and O–H groups in total. The molecule has 0 aliphatic heterocycles. The molecule has 0 spiro atoms. The van der Waals surface area contributed by atoms with E-state index in [9.17, 15) is 4.79 Å². The average Bonchev–Trinajstić information content (AvgIpc) is 2.80. The Kier molecular flexibility index (Phi) is 5.60. The van der Waals surface area contributed by atoms with Crippen molar-refractivity contribution in [2.75, 3.05) is 5.75 Å². The van der Waals surface area contributed by atoms with Crippen LogP contribution in [0, 0.1) is 0 Å². The van der Waals surface area contributed by atoms with E-state index in [0.717, 1.165) is 16.6 Å². The highest BCUT2D eigenvalue weighted by molar-refractivity contribution is 9.10. The number of carbonyl (C=O) groups excluding carboxylic acids is 1. The molecule has 19 heavy (non-hydrogen) atoms. The third-order valence-corrected chi connectivity index (χ3v) is 5.87. The average molecular weight is 363 g/mol. The summed E-state index contributed by atoms with van der Waals surface area (Å²) in [4.78, 5) is 12.2. The zero-order chi connectivity index (χ0) is 13.8. The van der Waals surface area contributed by atoms with Crippen LogP contribution in [0.25, 0.3) is 0 Å². The van der Waals surface area contributed by atoms with E-state index in [1.165, 1.54) is 12.8 Å². The Morgan fingerprint density at radius 3 is 3.00 bits per heavy atom. The highest BCUT2D eigenvalue weighted by Gasteiger charge is 2.28. The Morgan fingerprint density at radius 2 is 2.32 bits per heavy atom. The summed E-state index contributed by atoms with van der Waals surface area (Å²) in [5.41, 5.74) is 0.656. The molecule has 1 aromatic carbocycles. The zero-order valence-corrected chi connectivity index (χ0v) is 13.9. The normalized spacial score (nSPS) is 22.5. The van der Waals surface area contributed by atoms with Crippen molar-refractivity contribution in [2.24, 2.45) is 0 Å². The monoisotopic (exact) mass is 361 g/mol. The van der Waals surface area contributed by atoms with Gasteiger partial charge in [-0.15, -0.1) is 0 Å². The van der Waals surface area contributed by atoms with Gasteiger partial charge in [0.05, 0.1) is 5.02 Å². The number of thioether (sulfide) groups is 1. The summed E-state index contributed by atoms with van der Waals surface area (Å²) in [5, 5.41) is 4.34. The van der Waals surface area contributed by atoms with Crippen LogP contribution < -0.4 is 5.32 Å². The molecule has 1 aliphatic rings. The maximum Gasteiger partial charge on any atom is 0.251 e. The maximum atomic E-state index is 12.2. The predicted molar refractivity (Wildman–Crippen MR) is 86.2 cm³/mol. The predicted octanol–water partition coefficient (Wildman–Crippen LogP) is 4.51. The van der Waals surface area contributed by atoms with Gasteiger partial charge in [-0.2, -0.15) is 11.8 Å². The van der Waals surface area contributed by atoms with E-state index in [4.69, 9.17) is 11.6 Å². The molecule has 2 unspecified atom stereocenters. The molecule has 0 bridgehead atoms. The van der Waals surface area contributed by atoms with Gasteiger partial charge in [0.25, 0.3) is 5.91 Å². The first kappa shape index (κ1) is 15.2. The van der Waals surface area contributed by atoms with Gasteiger partial charge in [0.1, 0.15) is 0 Å². The Morgan fingerprint density at radius 1 is 1.53 bits per heavy atom. The van der Waals surface area contributed by atoms with Crippen molar-refractivity contribution in [1.29, 1.82) is 0 Å². The molecule has 5 heteroatoms. The van der Waals surface area contributed by atoms with E-state index in [2.05, 4.69) is 28.2 Å². The number of nitrogens with one attached hydrogen (secondary N) is 1. The van der Waals surface area contributed by atoms with E-state index in [-0.39, 0.29) is 5.91 Å². The van der Waals surface area contributed by atoms with Crippen molar-refractivity contribution >= 4 is 45.2 Å². The van der Waals surface area contributed by atoms with Gasteiger partial charge in [-0.1, -0.05) is 24.9 Å². The van der Waals surface area contributed by atoms with Gasteiger partial charge in [0, 0.05) is 21.3 Å². The van der Waals surface area contributed by atoms with Gasteiger partial charge in [-0.3, -0.25) is 4.79 Å². The minimum Gasteiger partial charge on any atom is -0.348 e. The molecule has 2 rings (SSSR count). The van der Waals surface area contributed by atoms with Crippen molar-refractivity contribution in [2.45, 2.75) is 37.5 Å². The topological polar surface area (TPSA) is 29.1 Å². The maximum absolute atomic E-state index is 12.2. The van der Waals surface area contributed by atoms with Crippen molar-refractivity contribution < 1.29 is 4.79 Å². The van der Waals surface area contributed by atoms with Crippen LogP contribution in [0.2, 0.25) is 5.02 Å². The minimum absolute atomic E-state index is 0.00836. The molecule has 1 saturated carbocycles. The van der Waals surface area contributed by atoms with Crippen LogP contribution in [0.1, 0.15) is 36.5 Å². The van der Waals surface area contributed by atoms with Gasteiger partial charge in [0.15, 0.2) is 0 Å². The number of rotatable bonds is 4. The van der Waals surface area contributed by atoms with E-state index in [0.29, 0.717) is 21.9 Å². The summed E-state index contributed by atoms with van der Waals surface area (Å²) in [7, 11) is 0. The van der Waals surface area contributed by atoms with Gasteiger partial charge in [-0.25, -0.2) is 0 Å². The first-order valence-electron chi connectivity index (χ1n) is 6.49. The summed E-state index contributed by atoms with van der Waals surface area (Å²) in [6.45, 7) is 2.16. The number of amides is 1. The molecular formula is C14H17BrClNOS. The first-order valence-corrected chi connectivity index (χ1v) is 8.71. The Bertz CT molecular complexity index is 469. The summed E-state index contributed by atoms with van der Waals surface area (Å²) >= 11 is 11.2. The molecule has 0 aromatic heterocycles. The van der Waals surface area contributed by atoms with Gasteiger partial charge in [0.2, 0.25) is 0 Å². The number of halogens is 2. The lowest BCUT2D eigenvalue weighted by molar-refractivity contribution is 0.0938. The summed E-state index contributed by atoms with van der Waals surface area (Å²) < 4.78 is 0.757. The number of hydrogen-bond donors (Lipinski definition) is 1. The second kappa shape index (κ2) is 7.00. The van der Waals surface area contributed by atoms with Crippen molar-refractivity contribution in [3.8, 4) is 0 Å². The molecule has 1 aliphatic carbocycles. The smallest absolute Gasteiger partial charge is 0.251 e. The van der Waals surface area contributed by atoms with Crippen LogP contribution in [0.15, 0.2) is 22.7 Å². The van der Waals surface area contributed by atoms with Crippen molar-refractivity contribution in [3.63, 3.8) is 0 Å². The Balaban J connectivity index is 2.02. The van der Waals surface area contributed by atoms with Crippen LogP contribution in [0.3, 0.4) is 0 Å². The lowest BCUT2D eigenvalue weighted by Gasteiger charge is -2.20. The van der Waals surface area contributed by atoms with Crippen LogP contribution in [0.4, 0.5) is 0 Å². The summed E-state index contributed by atoms with van der Waals surface area (Å²) in [6.07, 6.45) is 3.48. The van der Waals surface area contributed by atoms with Crippen LogP contribution in [-0.4, -0.2) is 23.0 Å². The van der Waals surface area contributed by atoms with Gasteiger partial charge < -0.3 is 5.32 Å². The molecule has 1 fully saturated rings. The molecule has 0 radical (unpaired) electrons. The molecule has 2 atom stereocenters. The van der Waals surface area contributed by atoms with E-state index >= 15 is 0 Å². The molecule has 0 saturated heterocycles. The van der Waals surface area contributed by atoms with Crippen LogP contribution >= 0.6 is 39.3 Å². The number of hydrogen-bond acceptors (Lipinski definition) is 2. The van der Waals surface area contributed by atoms with Gasteiger partial charge in [-0.05, 0) is 52.7 Å². The second-order valence-electron chi connectivity index (χ2n) is 4.63. The molecule has 104 valence electrons. The largest absolute Gasteiger partial charge is 0.348 e.